The highest BCUT2D eigenvalue weighted by molar-refractivity contribution is 9.10. The van der Waals surface area contributed by atoms with Crippen LogP contribution in [0, 0.1) is 5.82 Å². The number of hydrogen-bond acceptors (Lipinski definition) is 3. The third kappa shape index (κ3) is 3.73. The molecule has 2 aromatic carbocycles. The van der Waals surface area contributed by atoms with Gasteiger partial charge in [0.25, 0.3) is 0 Å². The molecule has 0 unspecified atom stereocenters. The average molecular weight is 380 g/mol. The molecule has 0 saturated carbocycles. The normalized spacial score (nSPS) is 10.8. The molecule has 0 fully saturated rings. The number of hydrogen-bond donors (Lipinski definition) is 0. The Balaban J connectivity index is 1.71. The Morgan fingerprint density at radius 1 is 1.10 bits per heavy atom. The van der Waals surface area contributed by atoms with Gasteiger partial charge in [-0.1, -0.05) is 40.2 Å². The van der Waals surface area contributed by atoms with E-state index in [2.05, 4.69) is 20.9 Å². The fourth-order valence-electron chi connectivity index (χ4n) is 1.83. The van der Waals surface area contributed by atoms with Gasteiger partial charge in [0.05, 0.1) is 11.4 Å². The van der Waals surface area contributed by atoms with Crippen molar-refractivity contribution in [1.82, 2.24) is 4.98 Å². The second-order valence-electron chi connectivity index (χ2n) is 4.35. The maximum Gasteiger partial charge on any atom is 0.136 e. The standard InChI is InChI=1S/C16H11BrFNS2/c17-12-7-5-11(6-8-12)14-9-21-16(19-14)10-20-15-4-2-1-3-13(15)18/h1-9H,10H2. The Hall–Kier alpha value is -1.17. The summed E-state index contributed by atoms with van der Waals surface area (Å²) in [5, 5.41) is 3.04. The van der Waals surface area contributed by atoms with Gasteiger partial charge in [-0.3, -0.25) is 0 Å². The number of thiazole rings is 1. The third-order valence-corrected chi connectivity index (χ3v) is 5.50. The van der Waals surface area contributed by atoms with Crippen LogP contribution in [0.1, 0.15) is 5.01 Å². The first-order valence-electron chi connectivity index (χ1n) is 6.30. The first-order chi connectivity index (χ1) is 10.2. The molecule has 0 atom stereocenters. The van der Waals surface area contributed by atoms with Crippen LogP contribution in [0.3, 0.4) is 0 Å². The molecule has 3 rings (SSSR count). The maximum atomic E-state index is 13.6. The van der Waals surface area contributed by atoms with E-state index in [0.29, 0.717) is 10.6 Å². The summed E-state index contributed by atoms with van der Waals surface area (Å²) in [5.74, 6) is 0.509. The summed E-state index contributed by atoms with van der Waals surface area (Å²) in [7, 11) is 0. The first kappa shape index (κ1) is 14.8. The largest absolute Gasteiger partial charge is 0.240 e. The van der Waals surface area contributed by atoms with E-state index >= 15 is 0 Å². The van der Waals surface area contributed by atoms with Crippen LogP contribution in [-0.2, 0) is 5.75 Å². The highest BCUT2D eigenvalue weighted by Gasteiger charge is 2.07. The van der Waals surface area contributed by atoms with Crippen molar-refractivity contribution in [3.05, 3.63) is 69.2 Å². The number of benzene rings is 2. The van der Waals surface area contributed by atoms with Crippen LogP contribution in [0.2, 0.25) is 0 Å². The van der Waals surface area contributed by atoms with Crippen LogP contribution in [-0.4, -0.2) is 4.98 Å². The Bertz CT molecular complexity index is 740. The van der Waals surface area contributed by atoms with E-state index in [1.807, 2.05) is 35.7 Å². The molecule has 0 aliphatic carbocycles. The lowest BCUT2D eigenvalue weighted by Crippen LogP contribution is -1.83. The lowest BCUT2D eigenvalue weighted by Gasteiger charge is -2.00. The van der Waals surface area contributed by atoms with E-state index in [1.54, 1.807) is 23.5 Å². The SMILES string of the molecule is Fc1ccccc1SCc1nc(-c2ccc(Br)cc2)cs1. The summed E-state index contributed by atoms with van der Waals surface area (Å²) >= 11 is 6.51. The molecule has 3 aromatic rings. The van der Waals surface area contributed by atoms with Gasteiger partial charge in [-0.2, -0.15) is 0 Å². The molecule has 0 spiro atoms. The van der Waals surface area contributed by atoms with E-state index in [1.165, 1.54) is 17.8 Å². The monoisotopic (exact) mass is 379 g/mol. The number of thioether (sulfide) groups is 1. The van der Waals surface area contributed by atoms with E-state index in [0.717, 1.165) is 20.7 Å². The van der Waals surface area contributed by atoms with E-state index < -0.39 is 0 Å². The molecule has 1 nitrogen and oxygen atoms in total. The van der Waals surface area contributed by atoms with Gasteiger partial charge in [0.15, 0.2) is 0 Å². The van der Waals surface area contributed by atoms with Crippen molar-refractivity contribution in [2.75, 3.05) is 0 Å². The molecule has 1 heterocycles. The molecule has 0 amide bonds. The second-order valence-corrected chi connectivity index (χ2v) is 7.23. The van der Waals surface area contributed by atoms with E-state index in [9.17, 15) is 4.39 Å². The number of halogens is 2. The predicted octanol–water partition coefficient (Wildman–Crippen LogP) is 6.00. The fourth-order valence-corrected chi connectivity index (χ4v) is 3.86. The summed E-state index contributed by atoms with van der Waals surface area (Å²) in [4.78, 5) is 5.28. The maximum absolute atomic E-state index is 13.6. The van der Waals surface area contributed by atoms with Crippen molar-refractivity contribution < 1.29 is 4.39 Å². The fraction of sp³-hybridized carbons (Fsp3) is 0.0625. The summed E-state index contributed by atoms with van der Waals surface area (Å²) in [5.41, 5.74) is 2.06. The zero-order chi connectivity index (χ0) is 14.7. The molecule has 5 heteroatoms. The van der Waals surface area contributed by atoms with Gasteiger partial charge < -0.3 is 0 Å². The van der Waals surface area contributed by atoms with Gasteiger partial charge in [-0.05, 0) is 24.3 Å². The minimum atomic E-state index is -0.174. The van der Waals surface area contributed by atoms with Crippen LogP contribution in [0.15, 0.2) is 63.3 Å². The quantitative estimate of drug-likeness (QED) is 0.515. The zero-order valence-corrected chi connectivity index (χ0v) is 14.1. The van der Waals surface area contributed by atoms with Gasteiger partial charge in [0, 0.05) is 20.3 Å². The topological polar surface area (TPSA) is 12.9 Å². The molecule has 106 valence electrons. The molecule has 0 radical (unpaired) electrons. The predicted molar refractivity (Wildman–Crippen MR) is 91.2 cm³/mol. The number of aromatic nitrogens is 1. The minimum absolute atomic E-state index is 0.174. The lowest BCUT2D eigenvalue weighted by atomic mass is 10.2. The highest BCUT2D eigenvalue weighted by atomic mass is 79.9. The molecule has 0 aliphatic rings. The van der Waals surface area contributed by atoms with Gasteiger partial charge in [0.2, 0.25) is 0 Å². The van der Waals surface area contributed by atoms with Crippen LogP contribution in [0.25, 0.3) is 11.3 Å². The van der Waals surface area contributed by atoms with Crippen LogP contribution in [0.4, 0.5) is 4.39 Å². The molecule has 0 bridgehead atoms. The van der Waals surface area contributed by atoms with Crippen molar-refractivity contribution in [3.8, 4) is 11.3 Å². The summed E-state index contributed by atoms with van der Waals surface area (Å²) in [6.07, 6.45) is 0. The Labute approximate surface area is 139 Å². The molecule has 0 saturated heterocycles. The lowest BCUT2D eigenvalue weighted by molar-refractivity contribution is 0.602. The summed E-state index contributed by atoms with van der Waals surface area (Å²) in [6, 6.07) is 14.9. The Morgan fingerprint density at radius 2 is 1.86 bits per heavy atom. The van der Waals surface area contributed by atoms with Gasteiger partial charge in [-0.25, -0.2) is 9.37 Å². The Kier molecular flexibility index (Phi) is 4.73. The van der Waals surface area contributed by atoms with Crippen LogP contribution < -0.4 is 0 Å². The third-order valence-electron chi connectivity index (χ3n) is 2.88. The highest BCUT2D eigenvalue weighted by Crippen LogP contribution is 2.29. The van der Waals surface area contributed by atoms with Crippen molar-refractivity contribution >= 4 is 39.0 Å². The number of rotatable bonds is 4. The Morgan fingerprint density at radius 3 is 2.62 bits per heavy atom. The zero-order valence-electron chi connectivity index (χ0n) is 10.9. The van der Waals surface area contributed by atoms with Crippen molar-refractivity contribution in [2.45, 2.75) is 10.6 Å². The van der Waals surface area contributed by atoms with E-state index in [-0.39, 0.29) is 5.82 Å². The number of nitrogens with zero attached hydrogens (tertiary/aromatic N) is 1. The average Bonchev–Trinajstić information content (AvgIpc) is 2.96. The molecule has 0 N–H and O–H groups in total. The first-order valence-corrected chi connectivity index (χ1v) is 8.96. The molecule has 0 aliphatic heterocycles. The van der Waals surface area contributed by atoms with Crippen LogP contribution in [0.5, 0.6) is 0 Å². The van der Waals surface area contributed by atoms with Gasteiger partial charge in [0.1, 0.15) is 10.8 Å². The second kappa shape index (κ2) is 6.73. The summed E-state index contributed by atoms with van der Waals surface area (Å²) < 4.78 is 14.6. The van der Waals surface area contributed by atoms with Crippen molar-refractivity contribution in [3.63, 3.8) is 0 Å². The molecular weight excluding hydrogens is 369 g/mol. The minimum Gasteiger partial charge on any atom is -0.240 e. The van der Waals surface area contributed by atoms with E-state index in [4.69, 9.17) is 0 Å². The van der Waals surface area contributed by atoms with Crippen molar-refractivity contribution in [1.29, 1.82) is 0 Å². The van der Waals surface area contributed by atoms with Gasteiger partial charge >= 0.3 is 0 Å². The summed E-state index contributed by atoms with van der Waals surface area (Å²) in [6.45, 7) is 0. The molecule has 1 aromatic heterocycles. The molecular formula is C16H11BrFNS2. The van der Waals surface area contributed by atoms with Crippen LogP contribution >= 0.6 is 39.0 Å². The molecule has 21 heavy (non-hydrogen) atoms. The van der Waals surface area contributed by atoms with Crippen molar-refractivity contribution in [2.24, 2.45) is 0 Å². The van der Waals surface area contributed by atoms with Gasteiger partial charge in [-0.15, -0.1) is 23.1 Å². The smallest absolute Gasteiger partial charge is 0.136 e.